The monoisotopic (exact) mass is 1160 g/mol. The number of imide groups is 1. The Bertz CT molecular complexity index is 3110. The third-order valence-corrected chi connectivity index (χ3v) is 13.5. The number of alkyl carbamates (subject to hydrolysis) is 1. The first-order chi connectivity index (χ1) is 40.6. The fourth-order valence-electron chi connectivity index (χ4n) is 9.17. The fourth-order valence-corrected chi connectivity index (χ4v) is 9.17. The number of fused-ring (bicyclic) bond motifs is 2. The quantitative estimate of drug-likeness (QED) is 0.0209. The molecule has 1 atom stereocenters. The van der Waals surface area contributed by atoms with E-state index in [2.05, 4.69) is 54.5 Å². The van der Waals surface area contributed by atoms with Crippen molar-refractivity contribution in [1.82, 2.24) is 45.2 Å². The molecule has 84 heavy (non-hydrogen) atoms. The number of carbonyl (C=O) groups excluding carboxylic acids is 8. The average molecular weight is 1160 g/mol. The highest BCUT2D eigenvalue weighted by Gasteiger charge is 2.34. The molecule has 2 aromatic carbocycles. The highest BCUT2D eigenvalue weighted by atomic mass is 16.5. The number of aryl methyl sites for hydroxylation is 2. The van der Waals surface area contributed by atoms with Crippen LogP contribution in [0.25, 0.3) is 11.1 Å². The Hall–Kier alpha value is -9.10. The van der Waals surface area contributed by atoms with Gasteiger partial charge in [0, 0.05) is 120 Å². The Labute approximate surface area is 487 Å². The predicted octanol–water partition coefficient (Wildman–Crippen LogP) is 4.95. The number of hydrogen-bond donors (Lipinski definition) is 6. The zero-order valence-electron chi connectivity index (χ0n) is 47.9. The van der Waals surface area contributed by atoms with Crippen LogP contribution in [0.1, 0.15) is 89.8 Å². The fraction of sp³-hybridized carbons (Fsp3) is 0.424. The summed E-state index contributed by atoms with van der Waals surface area (Å²) < 4.78 is 31.2. The second-order valence-electron chi connectivity index (χ2n) is 19.9. The molecule has 448 valence electrons. The summed E-state index contributed by atoms with van der Waals surface area (Å²) in [5.41, 5.74) is 5.54. The number of allylic oxidation sites excluding steroid dienone is 2. The molecule has 1 fully saturated rings. The van der Waals surface area contributed by atoms with Crippen LogP contribution in [0.2, 0.25) is 0 Å². The topological polar surface area (TPSA) is 296 Å². The van der Waals surface area contributed by atoms with Gasteiger partial charge < -0.3 is 69.6 Å². The zero-order chi connectivity index (χ0) is 60.0. The molecule has 7 rings (SSSR count). The third kappa shape index (κ3) is 18.2. The van der Waals surface area contributed by atoms with E-state index in [1.54, 1.807) is 78.0 Å². The summed E-state index contributed by atoms with van der Waals surface area (Å²) in [6, 6.07) is 12.4. The molecular weight excluding hydrogens is 1080 g/mol. The number of aliphatic imine (C=N–C) groups is 1. The van der Waals surface area contributed by atoms with Gasteiger partial charge in [0.05, 0.1) is 64.0 Å². The highest BCUT2D eigenvalue weighted by Crippen LogP contribution is 2.39. The molecule has 4 aromatic rings. The Kier molecular flexibility index (Phi) is 23.3. The Morgan fingerprint density at radius 1 is 0.726 bits per heavy atom. The van der Waals surface area contributed by atoms with E-state index in [9.17, 15) is 38.4 Å². The van der Waals surface area contributed by atoms with Crippen molar-refractivity contribution < 1.29 is 62.0 Å². The van der Waals surface area contributed by atoms with Gasteiger partial charge in [-0.1, -0.05) is 37.3 Å². The standard InChI is InChI=1S/C59H74N12O13/c1-6-10-42(11-7-25-83-49-34-46-45(33-48(49)80-5)58(78)71-36-39(2)31-44(71)35-64-46)65-50-38-69(4)55(67-50)57(77)66-43-14-12-40(13-15-43)41-32-47(68(3)37-41)56(76)62-22-9-26-84-59(79)63-21-8-20-60-52(73)19-27-81-29-30-82-28-23-61-51(72)18-24-70-53(74)16-17-54(70)75/h10,12-17,32-35,37-38,44,65H,2,6-9,11,18-31,36H2,1,3-5H3,(H,60,73)(H,61,72)(H,62,76)(H,63,79)(H,66,77)/b42-10-. The number of rotatable bonds is 33. The largest absolute Gasteiger partial charge is 0.493 e. The van der Waals surface area contributed by atoms with Crippen molar-refractivity contribution in [3.63, 3.8) is 0 Å². The van der Waals surface area contributed by atoms with Gasteiger partial charge in [0.15, 0.2) is 11.5 Å². The van der Waals surface area contributed by atoms with Crippen molar-refractivity contribution in [1.29, 1.82) is 0 Å². The van der Waals surface area contributed by atoms with Crippen LogP contribution in [-0.4, -0.2) is 170 Å². The van der Waals surface area contributed by atoms with Gasteiger partial charge in [-0.15, -0.1) is 0 Å². The van der Waals surface area contributed by atoms with E-state index in [1.165, 1.54) is 12.2 Å². The van der Waals surface area contributed by atoms with Crippen molar-refractivity contribution >= 4 is 70.9 Å². The maximum absolute atomic E-state index is 13.5. The van der Waals surface area contributed by atoms with Crippen LogP contribution in [0.3, 0.4) is 0 Å². The Morgan fingerprint density at radius 3 is 2.21 bits per heavy atom. The predicted molar refractivity (Wildman–Crippen MR) is 312 cm³/mol. The molecule has 5 heterocycles. The molecule has 0 radical (unpaired) electrons. The van der Waals surface area contributed by atoms with Gasteiger partial charge in [0.1, 0.15) is 11.5 Å². The number of imidazole rings is 1. The van der Waals surface area contributed by atoms with Gasteiger partial charge in [0.25, 0.3) is 29.5 Å². The Morgan fingerprint density at radius 2 is 1.45 bits per heavy atom. The van der Waals surface area contributed by atoms with Crippen LogP contribution in [0.4, 0.5) is 22.0 Å². The summed E-state index contributed by atoms with van der Waals surface area (Å²) in [7, 11) is 5.06. The third-order valence-electron chi connectivity index (χ3n) is 13.5. The number of benzene rings is 2. The summed E-state index contributed by atoms with van der Waals surface area (Å²) in [5.74, 6) is -0.500. The molecule has 2 aromatic heterocycles. The van der Waals surface area contributed by atoms with E-state index >= 15 is 0 Å². The summed E-state index contributed by atoms with van der Waals surface area (Å²) in [4.78, 5) is 111. The molecule has 0 bridgehead atoms. The van der Waals surface area contributed by atoms with E-state index < -0.39 is 23.8 Å². The van der Waals surface area contributed by atoms with Gasteiger partial charge in [-0.05, 0) is 68.4 Å². The molecule has 3 aliphatic rings. The van der Waals surface area contributed by atoms with E-state index in [0.717, 1.165) is 33.7 Å². The van der Waals surface area contributed by atoms with E-state index in [1.807, 2.05) is 25.3 Å². The van der Waals surface area contributed by atoms with Crippen molar-refractivity contribution in [3.8, 4) is 22.6 Å². The lowest BCUT2D eigenvalue weighted by Crippen LogP contribution is -2.35. The van der Waals surface area contributed by atoms with Crippen molar-refractivity contribution in [2.24, 2.45) is 19.1 Å². The molecule has 1 unspecified atom stereocenters. The smallest absolute Gasteiger partial charge is 0.407 e. The first-order valence-electron chi connectivity index (χ1n) is 28.0. The van der Waals surface area contributed by atoms with E-state index in [-0.39, 0.29) is 108 Å². The number of anilines is 2. The van der Waals surface area contributed by atoms with Gasteiger partial charge in [0.2, 0.25) is 17.6 Å². The summed E-state index contributed by atoms with van der Waals surface area (Å²) >= 11 is 0. The van der Waals surface area contributed by atoms with Gasteiger partial charge in [-0.25, -0.2) is 9.78 Å². The molecule has 8 amide bonds. The second-order valence-corrected chi connectivity index (χ2v) is 19.9. The van der Waals surface area contributed by atoms with Crippen LogP contribution >= 0.6 is 0 Å². The highest BCUT2D eigenvalue weighted by molar-refractivity contribution is 6.13. The molecule has 3 aliphatic heterocycles. The molecular formula is C59H74N12O13. The van der Waals surface area contributed by atoms with Crippen molar-refractivity contribution in [2.45, 2.75) is 64.3 Å². The van der Waals surface area contributed by atoms with Crippen LogP contribution in [0, 0.1) is 0 Å². The molecule has 25 nitrogen and oxygen atoms in total. The number of methoxy groups -OCH3 is 1. The molecule has 0 saturated carbocycles. The lowest BCUT2D eigenvalue weighted by Gasteiger charge is -2.20. The number of hydrogen-bond acceptors (Lipinski definition) is 16. The van der Waals surface area contributed by atoms with Crippen LogP contribution in [0.5, 0.6) is 11.5 Å². The second kappa shape index (κ2) is 31.4. The first kappa shape index (κ1) is 62.5. The lowest BCUT2D eigenvalue weighted by molar-refractivity contribution is -0.137. The average Bonchev–Trinajstić information content (AvgIpc) is 2.59. The molecule has 0 aliphatic carbocycles. The van der Waals surface area contributed by atoms with E-state index in [4.69, 9.17) is 23.7 Å². The normalized spacial score (nSPS) is 14.5. The molecule has 1 saturated heterocycles. The van der Waals surface area contributed by atoms with E-state index in [0.29, 0.717) is 91.7 Å². The van der Waals surface area contributed by atoms with Crippen LogP contribution in [0.15, 0.2) is 95.9 Å². The van der Waals surface area contributed by atoms with Crippen LogP contribution in [-0.2, 0) is 47.5 Å². The van der Waals surface area contributed by atoms with Gasteiger partial charge >= 0.3 is 6.09 Å². The van der Waals surface area contributed by atoms with Crippen molar-refractivity contribution in [2.75, 3.05) is 96.7 Å². The number of amides is 8. The maximum atomic E-state index is 13.5. The Balaban J connectivity index is 0.721. The summed E-state index contributed by atoms with van der Waals surface area (Å²) in [6.45, 7) is 9.18. The minimum absolute atomic E-state index is 0.000671. The van der Waals surface area contributed by atoms with Gasteiger partial charge in [-0.2, -0.15) is 0 Å². The first-order valence-corrected chi connectivity index (χ1v) is 28.0. The van der Waals surface area contributed by atoms with Crippen LogP contribution < -0.4 is 41.4 Å². The van der Waals surface area contributed by atoms with Gasteiger partial charge in [-0.3, -0.25) is 43.5 Å². The number of carbonyl (C=O) groups is 8. The zero-order valence-corrected chi connectivity index (χ0v) is 47.9. The molecule has 25 heteroatoms. The molecule has 6 N–H and O–H groups in total. The SMILES string of the molecule is C=C1CC2C=Nc3cc(OCCC/C(=C/CC)Nc4cn(C)c(C(=O)Nc5ccc(-c6cc(C(=O)NCCCOC(=O)NCCCNC(=O)CCOCCOCCNC(=O)CCN7C(=O)C=CC7=O)n(C)c6)cc5)n4)c(OC)cc3C(=O)N2C1. The number of ether oxygens (including phenoxy) is 5. The minimum Gasteiger partial charge on any atom is -0.493 e. The maximum Gasteiger partial charge on any atom is 0.407 e. The summed E-state index contributed by atoms with van der Waals surface area (Å²) in [5, 5.41) is 17.2. The minimum atomic E-state index is -0.608. The lowest BCUT2D eigenvalue weighted by atomic mass is 10.1. The molecule has 0 spiro atoms. The van der Waals surface area contributed by atoms with Crippen molar-refractivity contribution in [3.05, 3.63) is 108 Å². The number of aromatic nitrogens is 3. The number of nitrogens with one attached hydrogen (secondary N) is 6. The summed E-state index contributed by atoms with van der Waals surface area (Å²) in [6.07, 6.45) is 13.0. The number of nitrogens with zero attached hydrogens (tertiary/aromatic N) is 6.